The third kappa shape index (κ3) is 2.08. The first-order chi connectivity index (χ1) is 9.51. The van der Waals surface area contributed by atoms with E-state index in [1.165, 1.54) is 17.8 Å². The van der Waals surface area contributed by atoms with Gasteiger partial charge in [-0.2, -0.15) is 13.1 Å². The highest BCUT2D eigenvalue weighted by atomic mass is 32.2. The average Bonchev–Trinajstić information content (AvgIpc) is 3.06. The molecular weight excluding hydrogens is 322 g/mol. The Labute approximate surface area is 123 Å². The quantitative estimate of drug-likeness (QED) is 0.747. The van der Waals surface area contributed by atoms with E-state index >= 15 is 0 Å². The van der Waals surface area contributed by atoms with Gasteiger partial charge in [0.2, 0.25) is 10.0 Å². The molecule has 1 aliphatic heterocycles. The SMILES string of the molecule is O=C([O-])[C@H]1CSCN1S(=O)(=O)c1cccc2nsnc12. The maximum atomic E-state index is 12.6. The molecule has 0 unspecified atom stereocenters. The highest BCUT2D eigenvalue weighted by Crippen LogP contribution is 2.31. The summed E-state index contributed by atoms with van der Waals surface area (Å²) in [5.41, 5.74) is 0.749. The van der Waals surface area contributed by atoms with Crippen LogP contribution in [0.4, 0.5) is 0 Å². The van der Waals surface area contributed by atoms with Crippen LogP contribution in [-0.4, -0.2) is 45.1 Å². The van der Waals surface area contributed by atoms with Gasteiger partial charge in [-0.1, -0.05) is 6.07 Å². The number of hydrogen-bond donors (Lipinski definition) is 0. The van der Waals surface area contributed by atoms with E-state index in [0.717, 1.165) is 16.0 Å². The van der Waals surface area contributed by atoms with Crippen molar-refractivity contribution in [2.45, 2.75) is 10.9 Å². The minimum absolute atomic E-state index is 0.0162. The smallest absolute Gasteiger partial charge is 0.246 e. The molecule has 1 saturated heterocycles. The fraction of sp³-hybridized carbons (Fsp3) is 0.300. The molecule has 1 aromatic heterocycles. The number of hydrogen-bond acceptors (Lipinski definition) is 8. The number of benzene rings is 1. The molecule has 1 atom stereocenters. The second-order valence-electron chi connectivity index (χ2n) is 4.11. The van der Waals surface area contributed by atoms with E-state index in [4.69, 9.17) is 0 Å². The molecule has 2 aromatic rings. The van der Waals surface area contributed by atoms with Crippen molar-refractivity contribution in [1.29, 1.82) is 0 Å². The van der Waals surface area contributed by atoms with Gasteiger partial charge in [-0.15, -0.1) is 11.8 Å². The van der Waals surface area contributed by atoms with E-state index in [9.17, 15) is 18.3 Å². The Morgan fingerprint density at radius 3 is 2.95 bits per heavy atom. The lowest BCUT2D eigenvalue weighted by Gasteiger charge is -2.23. The Morgan fingerprint density at radius 2 is 2.20 bits per heavy atom. The van der Waals surface area contributed by atoms with E-state index < -0.39 is 22.0 Å². The van der Waals surface area contributed by atoms with Crippen LogP contribution >= 0.6 is 23.5 Å². The second-order valence-corrected chi connectivity index (χ2v) is 7.50. The van der Waals surface area contributed by atoms with Crippen LogP contribution in [-0.2, 0) is 14.8 Å². The van der Waals surface area contributed by atoms with Crippen LogP contribution in [0.25, 0.3) is 11.0 Å². The first-order valence-corrected chi connectivity index (χ1v) is 8.86. The molecule has 0 N–H and O–H groups in total. The Kier molecular flexibility index (Phi) is 3.40. The van der Waals surface area contributed by atoms with Crippen molar-refractivity contribution < 1.29 is 18.3 Å². The second kappa shape index (κ2) is 4.95. The summed E-state index contributed by atoms with van der Waals surface area (Å²) in [5.74, 6) is -1.11. The number of aromatic nitrogens is 2. The summed E-state index contributed by atoms with van der Waals surface area (Å²) in [5, 5.41) is 11.0. The summed E-state index contributed by atoms with van der Waals surface area (Å²) < 4.78 is 34.2. The van der Waals surface area contributed by atoms with Crippen LogP contribution in [0.2, 0.25) is 0 Å². The van der Waals surface area contributed by atoms with Crippen molar-refractivity contribution in [1.82, 2.24) is 13.1 Å². The largest absolute Gasteiger partial charge is 0.548 e. The maximum absolute atomic E-state index is 12.6. The molecule has 0 aliphatic carbocycles. The molecule has 2 heterocycles. The Bertz CT molecular complexity index is 773. The van der Waals surface area contributed by atoms with Crippen LogP contribution in [0, 0.1) is 0 Å². The fourth-order valence-electron chi connectivity index (χ4n) is 1.97. The normalized spacial score (nSPS) is 20.5. The summed E-state index contributed by atoms with van der Waals surface area (Å²) in [7, 11) is -3.93. The molecule has 0 saturated carbocycles. The van der Waals surface area contributed by atoms with E-state index in [2.05, 4.69) is 8.75 Å². The van der Waals surface area contributed by atoms with Crippen LogP contribution in [0.1, 0.15) is 0 Å². The van der Waals surface area contributed by atoms with Gasteiger partial charge in [0.1, 0.15) is 15.9 Å². The fourth-order valence-corrected chi connectivity index (χ4v) is 5.84. The van der Waals surface area contributed by atoms with Gasteiger partial charge in [-0.25, -0.2) is 8.42 Å². The van der Waals surface area contributed by atoms with Crippen molar-refractivity contribution in [2.24, 2.45) is 0 Å². The van der Waals surface area contributed by atoms with Gasteiger partial charge in [-0.05, 0) is 12.1 Å². The third-order valence-electron chi connectivity index (χ3n) is 2.95. The first kappa shape index (κ1) is 13.7. The first-order valence-electron chi connectivity index (χ1n) is 5.53. The molecule has 0 radical (unpaired) electrons. The predicted octanol–water partition coefficient (Wildman–Crippen LogP) is -0.495. The lowest BCUT2D eigenvalue weighted by Crippen LogP contribution is -2.48. The summed E-state index contributed by atoms with van der Waals surface area (Å²) in [4.78, 5) is 11.0. The summed E-state index contributed by atoms with van der Waals surface area (Å²) in [6, 6.07) is 3.49. The molecule has 10 heteroatoms. The van der Waals surface area contributed by atoms with Crippen molar-refractivity contribution in [3.8, 4) is 0 Å². The van der Waals surface area contributed by atoms with Crippen LogP contribution in [0.3, 0.4) is 0 Å². The number of sulfonamides is 1. The van der Waals surface area contributed by atoms with Gasteiger partial charge >= 0.3 is 0 Å². The Balaban J connectivity index is 2.12. The molecule has 3 rings (SSSR count). The number of carboxylic acids is 1. The van der Waals surface area contributed by atoms with Gasteiger partial charge in [0.15, 0.2) is 0 Å². The van der Waals surface area contributed by atoms with E-state index in [1.807, 2.05) is 0 Å². The highest BCUT2D eigenvalue weighted by molar-refractivity contribution is 8.00. The highest BCUT2D eigenvalue weighted by Gasteiger charge is 2.37. The molecule has 0 spiro atoms. The number of carbonyl (C=O) groups is 1. The molecule has 7 nitrogen and oxygen atoms in total. The summed E-state index contributed by atoms with van der Waals surface area (Å²) >= 11 is 2.16. The Hall–Kier alpha value is -1.23. The van der Waals surface area contributed by atoms with E-state index in [-0.39, 0.29) is 22.0 Å². The van der Waals surface area contributed by atoms with Crippen molar-refractivity contribution in [2.75, 3.05) is 11.6 Å². The minimum atomic E-state index is -3.93. The van der Waals surface area contributed by atoms with E-state index in [0.29, 0.717) is 5.52 Å². The van der Waals surface area contributed by atoms with Crippen molar-refractivity contribution >= 4 is 50.5 Å². The molecule has 20 heavy (non-hydrogen) atoms. The number of thioether (sulfide) groups is 1. The standard InChI is InChI=1S/C10H9N3O4S3/c14-10(15)7-4-18-5-13(7)20(16,17)8-3-1-2-6-9(8)12-19-11-6/h1-3,7H,4-5H2,(H,14,15)/p-1/t7-/m1/s1. The number of carbonyl (C=O) groups excluding carboxylic acids is 1. The third-order valence-corrected chi connectivity index (χ3v) is 6.55. The number of carboxylic acid groups (broad SMARTS) is 1. The summed E-state index contributed by atoms with van der Waals surface area (Å²) in [6.07, 6.45) is 0. The number of aliphatic carboxylic acids is 1. The van der Waals surface area contributed by atoms with Crippen LogP contribution < -0.4 is 5.11 Å². The Morgan fingerprint density at radius 1 is 1.40 bits per heavy atom. The van der Waals surface area contributed by atoms with Crippen molar-refractivity contribution in [3.05, 3.63) is 18.2 Å². The zero-order chi connectivity index (χ0) is 14.3. The van der Waals surface area contributed by atoms with E-state index in [1.54, 1.807) is 12.1 Å². The molecule has 106 valence electrons. The lowest BCUT2D eigenvalue weighted by atomic mass is 10.3. The zero-order valence-corrected chi connectivity index (χ0v) is 12.4. The molecule has 1 fully saturated rings. The molecule has 1 aliphatic rings. The van der Waals surface area contributed by atoms with Gasteiger partial charge in [0.25, 0.3) is 0 Å². The molecule has 0 bridgehead atoms. The molecule has 1 aromatic carbocycles. The zero-order valence-electron chi connectivity index (χ0n) is 9.92. The molecule has 0 amide bonds. The average molecular weight is 330 g/mol. The van der Waals surface area contributed by atoms with Gasteiger partial charge in [0, 0.05) is 5.75 Å². The monoisotopic (exact) mass is 330 g/mol. The topological polar surface area (TPSA) is 103 Å². The number of fused-ring (bicyclic) bond motifs is 1. The minimum Gasteiger partial charge on any atom is -0.548 e. The maximum Gasteiger partial charge on any atom is 0.246 e. The molecular formula is C10H8N3O4S3-. The number of rotatable bonds is 3. The number of nitrogens with zero attached hydrogens (tertiary/aromatic N) is 3. The summed E-state index contributed by atoms with van der Waals surface area (Å²) in [6.45, 7) is 0. The lowest BCUT2D eigenvalue weighted by molar-refractivity contribution is -0.309. The van der Waals surface area contributed by atoms with Crippen LogP contribution in [0.15, 0.2) is 23.1 Å². The van der Waals surface area contributed by atoms with Crippen LogP contribution in [0.5, 0.6) is 0 Å². The predicted molar refractivity (Wildman–Crippen MR) is 72.6 cm³/mol. The van der Waals surface area contributed by atoms with Crippen molar-refractivity contribution in [3.63, 3.8) is 0 Å². The van der Waals surface area contributed by atoms with Gasteiger partial charge in [0.05, 0.1) is 29.6 Å². The van der Waals surface area contributed by atoms with Gasteiger partial charge < -0.3 is 9.90 Å². The van der Waals surface area contributed by atoms with Gasteiger partial charge in [-0.3, -0.25) is 0 Å².